The summed E-state index contributed by atoms with van der Waals surface area (Å²) in [7, 11) is -1.41. The third-order valence-corrected chi connectivity index (χ3v) is 4.75. The Labute approximate surface area is 106 Å². The Morgan fingerprint density at radius 2 is 1.72 bits per heavy atom. The van der Waals surface area contributed by atoms with Crippen LogP contribution < -0.4 is 5.19 Å². The number of pyridine rings is 2. The molecule has 18 heavy (non-hydrogen) atoms. The van der Waals surface area contributed by atoms with Gasteiger partial charge < -0.3 is 0 Å². The molecule has 0 N–H and O–H groups in total. The predicted octanol–water partition coefficient (Wildman–Crippen LogP) is 2.97. The zero-order valence-corrected chi connectivity index (χ0v) is 11.5. The molecule has 2 rings (SSSR count). The van der Waals surface area contributed by atoms with Gasteiger partial charge in [-0.3, -0.25) is 4.98 Å². The molecule has 0 bridgehead atoms. The number of hydrogen-bond acceptors (Lipinski definition) is 2. The average molecular weight is 264 g/mol. The van der Waals surface area contributed by atoms with Crippen molar-refractivity contribution >= 4 is 13.3 Å². The summed E-state index contributed by atoms with van der Waals surface area (Å²) >= 11 is 0. The van der Waals surface area contributed by atoms with Crippen LogP contribution in [-0.4, -0.2) is 18.0 Å². The van der Waals surface area contributed by atoms with Crippen LogP contribution in [0.25, 0.3) is 11.3 Å². The molecule has 0 aromatic carbocycles. The smallest absolute Gasteiger partial charge is 0.224 e. The summed E-state index contributed by atoms with van der Waals surface area (Å²) in [5.41, 5.74) is 0.695. The first-order valence-electron chi connectivity index (χ1n) is 5.67. The minimum absolute atomic E-state index is 0.221. The van der Waals surface area contributed by atoms with Crippen molar-refractivity contribution in [3.05, 3.63) is 42.4 Å². The van der Waals surface area contributed by atoms with Crippen LogP contribution in [0.2, 0.25) is 19.6 Å². The van der Waals surface area contributed by atoms with Gasteiger partial charge in [0.1, 0.15) is 0 Å². The lowest BCUT2D eigenvalue weighted by atomic mass is 10.2. The molecular weight excluding hydrogens is 250 g/mol. The Hall–Kier alpha value is -1.62. The van der Waals surface area contributed by atoms with E-state index in [0.717, 1.165) is 6.07 Å². The van der Waals surface area contributed by atoms with Crippen LogP contribution in [0.3, 0.4) is 0 Å². The van der Waals surface area contributed by atoms with Gasteiger partial charge in [0.25, 0.3) is 0 Å². The molecule has 2 heterocycles. The number of halogens is 2. The molecule has 0 saturated heterocycles. The molecule has 0 aliphatic rings. The second-order valence-corrected chi connectivity index (χ2v) is 10.2. The topological polar surface area (TPSA) is 25.8 Å². The van der Waals surface area contributed by atoms with E-state index < -0.39 is 20.0 Å². The van der Waals surface area contributed by atoms with E-state index in [9.17, 15) is 8.78 Å². The quantitative estimate of drug-likeness (QED) is 0.615. The lowest BCUT2D eigenvalue weighted by molar-refractivity contribution is 0.515. The third kappa shape index (κ3) is 2.61. The summed E-state index contributed by atoms with van der Waals surface area (Å²) in [6.07, 6.45) is 1.77. The van der Waals surface area contributed by atoms with Gasteiger partial charge >= 0.3 is 0 Å². The van der Waals surface area contributed by atoms with Crippen LogP contribution in [-0.2, 0) is 0 Å². The van der Waals surface area contributed by atoms with Gasteiger partial charge in [-0.2, -0.15) is 13.8 Å². The summed E-state index contributed by atoms with van der Waals surface area (Å²) in [6, 6.07) is 6.20. The fraction of sp³-hybridized carbons (Fsp3) is 0.231. The highest BCUT2D eigenvalue weighted by molar-refractivity contribution is 6.88. The maximum Gasteiger partial charge on any atom is 0.224 e. The van der Waals surface area contributed by atoms with Crippen LogP contribution in [0, 0.1) is 11.9 Å². The summed E-state index contributed by atoms with van der Waals surface area (Å²) in [5.74, 6) is -1.65. The molecule has 0 radical (unpaired) electrons. The van der Waals surface area contributed by atoms with E-state index in [4.69, 9.17) is 0 Å². The molecule has 0 unspecified atom stereocenters. The number of nitrogens with zero attached hydrogens (tertiary/aromatic N) is 2. The maximum absolute atomic E-state index is 13.5. The molecule has 0 aliphatic heterocycles. The summed E-state index contributed by atoms with van der Waals surface area (Å²) in [4.78, 5) is 7.39. The minimum Gasteiger partial charge on any atom is -0.256 e. The van der Waals surface area contributed by atoms with Crippen LogP contribution in [0.1, 0.15) is 0 Å². The van der Waals surface area contributed by atoms with E-state index in [1.54, 1.807) is 12.3 Å². The Morgan fingerprint density at radius 1 is 1.00 bits per heavy atom. The summed E-state index contributed by atoms with van der Waals surface area (Å²) in [6.45, 7) is 6.64. The van der Waals surface area contributed by atoms with Gasteiger partial charge in [-0.05, 0) is 23.4 Å². The highest BCUT2D eigenvalue weighted by Crippen LogP contribution is 2.19. The molecule has 0 saturated carbocycles. The monoisotopic (exact) mass is 264 g/mol. The Bertz CT molecular complexity index is 562. The molecule has 2 aromatic heterocycles. The van der Waals surface area contributed by atoms with Crippen LogP contribution >= 0.6 is 0 Å². The van der Waals surface area contributed by atoms with Gasteiger partial charge in [-0.15, -0.1) is 0 Å². The molecule has 5 heteroatoms. The van der Waals surface area contributed by atoms with E-state index in [-0.39, 0.29) is 5.56 Å². The van der Waals surface area contributed by atoms with Crippen molar-refractivity contribution in [1.29, 1.82) is 0 Å². The minimum atomic E-state index is -1.41. The maximum atomic E-state index is 13.5. The highest BCUT2D eigenvalue weighted by Gasteiger charge is 2.17. The second-order valence-electron chi connectivity index (χ2n) is 5.15. The van der Waals surface area contributed by atoms with Crippen molar-refractivity contribution in [2.45, 2.75) is 19.6 Å². The summed E-state index contributed by atoms with van der Waals surface area (Å²) in [5, 5.41) is 1.20. The Balaban J connectivity index is 2.41. The lowest BCUT2D eigenvalue weighted by Crippen LogP contribution is -2.37. The van der Waals surface area contributed by atoms with Crippen LogP contribution in [0.5, 0.6) is 0 Å². The normalized spacial score (nSPS) is 11.6. The van der Waals surface area contributed by atoms with Gasteiger partial charge in [0, 0.05) is 6.20 Å². The highest BCUT2D eigenvalue weighted by atomic mass is 28.3. The van der Waals surface area contributed by atoms with Crippen LogP contribution in [0.15, 0.2) is 30.5 Å². The molecule has 94 valence electrons. The fourth-order valence-corrected chi connectivity index (χ4v) is 2.64. The largest absolute Gasteiger partial charge is 0.256 e. The molecule has 2 aromatic rings. The molecule has 2 nitrogen and oxygen atoms in total. The molecule has 0 atom stereocenters. The Morgan fingerprint density at radius 3 is 2.22 bits per heavy atom. The lowest BCUT2D eigenvalue weighted by Gasteiger charge is -2.16. The van der Waals surface area contributed by atoms with Gasteiger partial charge in [0.05, 0.1) is 19.3 Å². The molecule has 0 amide bonds. The van der Waals surface area contributed by atoms with Gasteiger partial charge in [-0.1, -0.05) is 25.7 Å². The van der Waals surface area contributed by atoms with Crippen LogP contribution in [0.4, 0.5) is 8.78 Å². The SMILES string of the molecule is C[Si](C)(C)c1ccc(-c2ccc(F)nc2F)nc1. The first-order chi connectivity index (χ1) is 8.38. The van der Waals surface area contributed by atoms with Crippen molar-refractivity contribution in [3.63, 3.8) is 0 Å². The van der Waals surface area contributed by atoms with E-state index in [1.165, 1.54) is 11.3 Å². The first-order valence-corrected chi connectivity index (χ1v) is 9.17. The fourth-order valence-electron chi connectivity index (χ4n) is 1.60. The first kappa shape index (κ1) is 12.8. The van der Waals surface area contributed by atoms with Crippen molar-refractivity contribution in [2.24, 2.45) is 0 Å². The van der Waals surface area contributed by atoms with Gasteiger partial charge in [0.2, 0.25) is 11.9 Å². The number of rotatable bonds is 2. The van der Waals surface area contributed by atoms with E-state index in [2.05, 4.69) is 29.6 Å². The second kappa shape index (κ2) is 4.57. The number of aromatic nitrogens is 2. The van der Waals surface area contributed by atoms with Crippen molar-refractivity contribution < 1.29 is 8.78 Å². The van der Waals surface area contributed by atoms with Gasteiger partial charge in [0.15, 0.2) is 0 Å². The Kier molecular flexibility index (Phi) is 3.25. The van der Waals surface area contributed by atoms with Gasteiger partial charge in [-0.25, -0.2) is 0 Å². The van der Waals surface area contributed by atoms with Crippen molar-refractivity contribution in [3.8, 4) is 11.3 Å². The van der Waals surface area contributed by atoms with E-state index >= 15 is 0 Å². The molecule has 0 aliphatic carbocycles. The average Bonchev–Trinajstić information content (AvgIpc) is 2.28. The standard InChI is InChI=1S/C13H14F2N2Si/c1-18(2,3)9-4-6-11(16-8-9)10-5-7-12(14)17-13(10)15/h4-8H,1-3H3. The predicted molar refractivity (Wildman–Crippen MR) is 70.4 cm³/mol. The van der Waals surface area contributed by atoms with E-state index in [1.807, 2.05) is 6.07 Å². The summed E-state index contributed by atoms with van der Waals surface area (Å²) < 4.78 is 26.2. The zero-order valence-electron chi connectivity index (χ0n) is 10.5. The molecular formula is C13H14F2N2Si. The third-order valence-electron chi connectivity index (χ3n) is 2.72. The zero-order chi connectivity index (χ0) is 13.3. The van der Waals surface area contributed by atoms with Crippen molar-refractivity contribution in [2.75, 3.05) is 0 Å². The molecule has 0 spiro atoms. The molecule has 0 fully saturated rings. The van der Waals surface area contributed by atoms with Crippen molar-refractivity contribution in [1.82, 2.24) is 9.97 Å². The van der Waals surface area contributed by atoms with E-state index in [0.29, 0.717) is 5.69 Å². The number of hydrogen-bond donors (Lipinski definition) is 0.